The number of pyridine rings is 1. The number of methoxy groups -OCH3 is 1. The summed E-state index contributed by atoms with van der Waals surface area (Å²) in [5.41, 5.74) is 5.11. The molecule has 1 aliphatic rings. The van der Waals surface area contributed by atoms with Gasteiger partial charge in [0.25, 0.3) is 5.56 Å². The summed E-state index contributed by atoms with van der Waals surface area (Å²) >= 11 is 0. The van der Waals surface area contributed by atoms with Gasteiger partial charge in [0.15, 0.2) is 0 Å². The number of aromatic nitrogens is 1. The van der Waals surface area contributed by atoms with E-state index in [2.05, 4.69) is 4.74 Å². The van der Waals surface area contributed by atoms with Crippen LogP contribution in [-0.4, -0.2) is 22.8 Å². The van der Waals surface area contributed by atoms with E-state index < -0.39 is 34.9 Å². The average molecular weight is 418 g/mol. The van der Waals surface area contributed by atoms with Gasteiger partial charge in [-0.25, -0.2) is 4.79 Å². The quantitative estimate of drug-likeness (QED) is 0.623. The van der Waals surface area contributed by atoms with Crippen LogP contribution >= 0.6 is 0 Å². The van der Waals surface area contributed by atoms with Crippen molar-refractivity contribution in [3.05, 3.63) is 69.0 Å². The Balaban J connectivity index is 2.10. The first-order valence-electron chi connectivity index (χ1n) is 9.08. The number of benzene rings is 2. The number of anilines is 1. The normalized spacial score (nSPS) is 16.0. The maximum Gasteiger partial charge on any atom is 0.416 e. The van der Waals surface area contributed by atoms with Crippen molar-refractivity contribution in [3.8, 4) is 5.69 Å². The summed E-state index contributed by atoms with van der Waals surface area (Å²) in [6.45, 7) is 0. The van der Waals surface area contributed by atoms with E-state index in [0.717, 1.165) is 35.4 Å². The third-order valence-electron chi connectivity index (χ3n) is 5.36. The van der Waals surface area contributed by atoms with E-state index in [1.54, 1.807) is 12.1 Å². The molecule has 1 heterocycles. The number of aliphatic hydroxyl groups is 1. The van der Waals surface area contributed by atoms with Gasteiger partial charge in [-0.3, -0.25) is 9.36 Å². The number of hydrogen-bond donors (Lipinski definition) is 2. The zero-order valence-electron chi connectivity index (χ0n) is 15.8. The highest BCUT2D eigenvalue weighted by Crippen LogP contribution is 2.36. The lowest BCUT2D eigenvalue weighted by atomic mass is 10.0. The SMILES string of the molecule is COC(=O)c1c(N)c2ccc(C(F)(F)F)cc2n(-c2ccc3c(c2)CCC3O)c1=O. The Morgan fingerprint density at radius 2 is 1.97 bits per heavy atom. The number of nitrogen functional groups attached to an aromatic ring is 1. The number of carbonyl (C=O) groups is 1. The third-order valence-corrected chi connectivity index (χ3v) is 5.36. The molecule has 0 radical (unpaired) electrons. The molecule has 0 spiro atoms. The van der Waals surface area contributed by atoms with Gasteiger partial charge in [-0.15, -0.1) is 0 Å². The molecule has 1 aromatic heterocycles. The molecule has 2 aromatic carbocycles. The number of nitrogens with zero attached hydrogens (tertiary/aromatic N) is 1. The van der Waals surface area contributed by atoms with Gasteiger partial charge >= 0.3 is 12.1 Å². The smallest absolute Gasteiger partial charge is 0.416 e. The molecule has 0 amide bonds. The highest BCUT2D eigenvalue weighted by atomic mass is 19.4. The van der Waals surface area contributed by atoms with E-state index in [0.29, 0.717) is 18.4 Å². The highest BCUT2D eigenvalue weighted by Gasteiger charge is 2.32. The lowest BCUT2D eigenvalue weighted by molar-refractivity contribution is -0.137. The van der Waals surface area contributed by atoms with E-state index >= 15 is 0 Å². The molecule has 30 heavy (non-hydrogen) atoms. The molecule has 1 aliphatic carbocycles. The van der Waals surface area contributed by atoms with E-state index in [1.165, 1.54) is 6.07 Å². The Morgan fingerprint density at radius 3 is 2.63 bits per heavy atom. The van der Waals surface area contributed by atoms with Crippen molar-refractivity contribution >= 4 is 22.6 Å². The zero-order chi connectivity index (χ0) is 21.8. The van der Waals surface area contributed by atoms with Gasteiger partial charge in [0.2, 0.25) is 0 Å². The Morgan fingerprint density at radius 1 is 1.23 bits per heavy atom. The van der Waals surface area contributed by atoms with Crippen LogP contribution in [0.25, 0.3) is 16.6 Å². The first kappa shape index (κ1) is 20.0. The van der Waals surface area contributed by atoms with Crippen molar-refractivity contribution in [1.29, 1.82) is 0 Å². The summed E-state index contributed by atoms with van der Waals surface area (Å²) in [4.78, 5) is 25.4. The van der Waals surface area contributed by atoms with Crippen LogP contribution in [0.15, 0.2) is 41.2 Å². The van der Waals surface area contributed by atoms with Crippen LogP contribution in [-0.2, 0) is 17.3 Å². The molecule has 6 nitrogen and oxygen atoms in total. The van der Waals surface area contributed by atoms with Crippen LogP contribution < -0.4 is 11.3 Å². The van der Waals surface area contributed by atoms with E-state index in [9.17, 15) is 27.9 Å². The van der Waals surface area contributed by atoms with Gasteiger partial charge in [0, 0.05) is 11.1 Å². The van der Waals surface area contributed by atoms with Crippen LogP contribution in [0.1, 0.15) is 39.6 Å². The number of aliphatic hydroxyl groups excluding tert-OH is 1. The molecule has 0 saturated heterocycles. The molecule has 1 atom stereocenters. The van der Waals surface area contributed by atoms with Crippen LogP contribution in [0.4, 0.5) is 18.9 Å². The Hall–Kier alpha value is -3.33. The van der Waals surface area contributed by atoms with Gasteiger partial charge in [-0.1, -0.05) is 12.1 Å². The average Bonchev–Trinajstić information content (AvgIpc) is 3.07. The predicted molar refractivity (Wildman–Crippen MR) is 104 cm³/mol. The molecular formula is C21H17F3N2O4. The molecule has 0 aliphatic heterocycles. The summed E-state index contributed by atoms with van der Waals surface area (Å²) in [6.07, 6.45) is -4.19. The van der Waals surface area contributed by atoms with Crippen molar-refractivity contribution in [2.75, 3.05) is 12.8 Å². The number of nitrogens with two attached hydrogens (primary N) is 1. The molecule has 156 valence electrons. The zero-order valence-corrected chi connectivity index (χ0v) is 15.8. The number of esters is 1. The summed E-state index contributed by atoms with van der Waals surface area (Å²) in [5, 5.41) is 10.1. The lowest BCUT2D eigenvalue weighted by Gasteiger charge is -2.17. The van der Waals surface area contributed by atoms with Crippen LogP contribution in [0, 0.1) is 0 Å². The molecule has 0 fully saturated rings. The Kier molecular flexibility index (Phi) is 4.58. The molecule has 0 bridgehead atoms. The number of carbonyl (C=O) groups excluding carboxylic acids is 1. The molecule has 4 rings (SSSR count). The fourth-order valence-corrected chi connectivity index (χ4v) is 3.87. The number of rotatable bonds is 2. The molecule has 1 unspecified atom stereocenters. The van der Waals surface area contributed by atoms with Gasteiger partial charge in [-0.05, 0) is 48.2 Å². The van der Waals surface area contributed by atoms with Crippen molar-refractivity contribution in [2.24, 2.45) is 0 Å². The largest absolute Gasteiger partial charge is 0.465 e. The standard InChI is InChI=1S/C21H17F3N2O4/c1-30-20(29)17-18(25)14-5-3-11(21(22,23)24)9-15(14)26(19(17)28)12-4-6-13-10(8-12)2-7-16(13)27/h3-6,8-9,16,27H,2,7,25H2,1H3. The number of ether oxygens (including phenoxy) is 1. The number of aryl methyl sites for hydroxylation is 1. The number of fused-ring (bicyclic) bond motifs is 2. The van der Waals surface area contributed by atoms with E-state index in [4.69, 9.17) is 5.73 Å². The van der Waals surface area contributed by atoms with Gasteiger partial charge in [-0.2, -0.15) is 13.2 Å². The second kappa shape index (κ2) is 6.88. The van der Waals surface area contributed by atoms with Gasteiger partial charge < -0.3 is 15.6 Å². The van der Waals surface area contributed by atoms with Crippen molar-refractivity contribution in [2.45, 2.75) is 25.1 Å². The summed E-state index contributed by atoms with van der Waals surface area (Å²) in [7, 11) is 1.08. The molecule has 9 heteroatoms. The minimum atomic E-state index is -4.63. The fourth-order valence-electron chi connectivity index (χ4n) is 3.87. The molecular weight excluding hydrogens is 401 g/mol. The highest BCUT2D eigenvalue weighted by molar-refractivity contribution is 6.04. The first-order chi connectivity index (χ1) is 14.1. The van der Waals surface area contributed by atoms with Crippen LogP contribution in [0.3, 0.4) is 0 Å². The lowest BCUT2D eigenvalue weighted by Crippen LogP contribution is -2.28. The Bertz CT molecular complexity index is 1250. The minimum Gasteiger partial charge on any atom is -0.465 e. The maximum atomic E-state index is 13.3. The number of hydrogen-bond acceptors (Lipinski definition) is 5. The summed E-state index contributed by atoms with van der Waals surface area (Å²) in [5.74, 6) is -0.982. The molecule has 3 aromatic rings. The van der Waals surface area contributed by atoms with Crippen LogP contribution in [0.2, 0.25) is 0 Å². The Labute approximate surface area is 168 Å². The molecule has 3 N–H and O–H groups in total. The van der Waals surface area contributed by atoms with Crippen molar-refractivity contribution in [1.82, 2.24) is 4.57 Å². The predicted octanol–water partition coefficient (Wildman–Crippen LogP) is 3.36. The van der Waals surface area contributed by atoms with Crippen molar-refractivity contribution < 1.29 is 27.8 Å². The number of alkyl halides is 3. The first-order valence-corrected chi connectivity index (χ1v) is 9.08. The summed E-state index contributed by atoms with van der Waals surface area (Å²) < 4.78 is 45.6. The second-order valence-electron chi connectivity index (χ2n) is 7.09. The van der Waals surface area contributed by atoms with E-state index in [1.807, 2.05) is 0 Å². The van der Waals surface area contributed by atoms with Gasteiger partial charge in [0.05, 0.1) is 30.0 Å². The van der Waals surface area contributed by atoms with Crippen molar-refractivity contribution in [3.63, 3.8) is 0 Å². The monoisotopic (exact) mass is 418 g/mol. The van der Waals surface area contributed by atoms with Gasteiger partial charge in [0.1, 0.15) is 5.56 Å². The second-order valence-corrected chi connectivity index (χ2v) is 7.09. The maximum absolute atomic E-state index is 13.3. The minimum absolute atomic E-state index is 0.0847. The third kappa shape index (κ3) is 3.02. The van der Waals surface area contributed by atoms with E-state index in [-0.39, 0.29) is 22.3 Å². The topological polar surface area (TPSA) is 94.6 Å². The fraction of sp³-hybridized carbons (Fsp3) is 0.238. The van der Waals surface area contributed by atoms with Crippen LogP contribution in [0.5, 0.6) is 0 Å². The summed E-state index contributed by atoms with van der Waals surface area (Å²) in [6, 6.07) is 7.58. The molecule has 0 saturated carbocycles. The number of halogens is 3.